The molecule has 1 amide bonds. The van der Waals surface area contributed by atoms with E-state index in [2.05, 4.69) is 32.6 Å². The summed E-state index contributed by atoms with van der Waals surface area (Å²) in [7, 11) is 0. The van der Waals surface area contributed by atoms with Crippen LogP contribution in [0.3, 0.4) is 0 Å². The van der Waals surface area contributed by atoms with Gasteiger partial charge in [-0.3, -0.25) is 4.79 Å². The van der Waals surface area contributed by atoms with Crippen LogP contribution in [0.4, 0.5) is 0 Å². The van der Waals surface area contributed by atoms with E-state index in [0.29, 0.717) is 5.91 Å². The van der Waals surface area contributed by atoms with Crippen molar-refractivity contribution in [1.29, 1.82) is 0 Å². The van der Waals surface area contributed by atoms with Gasteiger partial charge in [0.1, 0.15) is 0 Å². The first-order valence-corrected chi connectivity index (χ1v) is 10.2. The first kappa shape index (κ1) is 18.8. The van der Waals surface area contributed by atoms with E-state index in [1.807, 2.05) is 0 Å². The molecule has 23 heavy (non-hydrogen) atoms. The van der Waals surface area contributed by atoms with Gasteiger partial charge < -0.3 is 4.90 Å². The number of hydrogen-bond acceptors (Lipinski definition) is 1. The van der Waals surface area contributed by atoms with Gasteiger partial charge in [0.15, 0.2) is 0 Å². The molecule has 0 atom stereocenters. The molecule has 1 aliphatic heterocycles. The van der Waals surface area contributed by atoms with Crippen LogP contribution in [-0.4, -0.2) is 23.9 Å². The molecule has 1 heterocycles. The molecule has 0 aromatic heterocycles. The molecule has 1 saturated carbocycles. The Labute approximate surface area is 144 Å². The van der Waals surface area contributed by atoms with Crippen LogP contribution in [-0.2, 0) is 4.79 Å². The van der Waals surface area contributed by atoms with Crippen molar-refractivity contribution in [3.05, 3.63) is 0 Å². The first-order chi connectivity index (χ1) is 11.0. The number of carbonyl (C=O) groups excluding carboxylic acids is 1. The quantitative estimate of drug-likeness (QED) is 0.631. The molecule has 134 valence electrons. The van der Waals surface area contributed by atoms with Crippen molar-refractivity contribution in [1.82, 2.24) is 4.90 Å². The zero-order chi connectivity index (χ0) is 16.8. The van der Waals surface area contributed by atoms with Crippen molar-refractivity contribution in [2.45, 2.75) is 85.5 Å². The summed E-state index contributed by atoms with van der Waals surface area (Å²) in [5.41, 5.74) is 0. The predicted molar refractivity (Wildman–Crippen MR) is 98.3 cm³/mol. The molecule has 1 saturated heterocycles. The Morgan fingerprint density at radius 2 is 1.48 bits per heavy atom. The highest BCUT2D eigenvalue weighted by Crippen LogP contribution is 2.35. The molecule has 2 rings (SSSR count). The van der Waals surface area contributed by atoms with E-state index in [4.69, 9.17) is 0 Å². The largest absolute Gasteiger partial charge is 0.343 e. The SMILES string of the molecule is CC(C)CC1CCC(CCC(=O)N2CCC(C(C)C)CC2)CC1. The van der Waals surface area contributed by atoms with Crippen LogP contribution < -0.4 is 0 Å². The number of likely N-dealkylation sites (tertiary alicyclic amines) is 1. The van der Waals surface area contributed by atoms with Crippen LogP contribution in [0.25, 0.3) is 0 Å². The second-order valence-corrected chi connectivity index (χ2v) is 9.02. The second-order valence-electron chi connectivity index (χ2n) is 9.02. The van der Waals surface area contributed by atoms with Crippen LogP contribution >= 0.6 is 0 Å². The van der Waals surface area contributed by atoms with Gasteiger partial charge in [0.2, 0.25) is 5.91 Å². The van der Waals surface area contributed by atoms with Gasteiger partial charge in [0.05, 0.1) is 0 Å². The molecule has 2 aliphatic rings. The van der Waals surface area contributed by atoms with Gasteiger partial charge in [0.25, 0.3) is 0 Å². The number of piperidine rings is 1. The molecular weight excluding hydrogens is 282 g/mol. The molecule has 0 aromatic rings. The molecule has 0 bridgehead atoms. The second kappa shape index (κ2) is 9.08. The van der Waals surface area contributed by atoms with E-state index in [-0.39, 0.29) is 0 Å². The van der Waals surface area contributed by atoms with Crippen LogP contribution in [0, 0.1) is 29.6 Å². The minimum Gasteiger partial charge on any atom is -0.343 e. The van der Waals surface area contributed by atoms with E-state index in [1.165, 1.54) is 44.9 Å². The average Bonchev–Trinajstić information content (AvgIpc) is 2.53. The van der Waals surface area contributed by atoms with Crippen LogP contribution in [0.1, 0.15) is 85.5 Å². The van der Waals surface area contributed by atoms with Gasteiger partial charge in [-0.15, -0.1) is 0 Å². The van der Waals surface area contributed by atoms with Gasteiger partial charge >= 0.3 is 0 Å². The number of hydrogen-bond donors (Lipinski definition) is 0. The Balaban J connectivity index is 1.62. The number of nitrogens with zero attached hydrogens (tertiary/aromatic N) is 1. The molecule has 0 spiro atoms. The summed E-state index contributed by atoms with van der Waals surface area (Å²) in [4.78, 5) is 14.6. The van der Waals surface area contributed by atoms with E-state index in [0.717, 1.165) is 55.5 Å². The third-order valence-electron chi connectivity index (χ3n) is 6.37. The Morgan fingerprint density at radius 3 is 2.00 bits per heavy atom. The highest BCUT2D eigenvalue weighted by molar-refractivity contribution is 5.76. The molecule has 0 aromatic carbocycles. The summed E-state index contributed by atoms with van der Waals surface area (Å²) in [5.74, 6) is 4.64. The van der Waals surface area contributed by atoms with Crippen molar-refractivity contribution in [3.8, 4) is 0 Å². The maximum absolute atomic E-state index is 12.5. The molecule has 0 unspecified atom stereocenters. The maximum Gasteiger partial charge on any atom is 0.222 e. The fourth-order valence-electron chi connectivity index (χ4n) is 4.72. The lowest BCUT2D eigenvalue weighted by Gasteiger charge is -2.34. The van der Waals surface area contributed by atoms with Gasteiger partial charge in [-0.25, -0.2) is 0 Å². The highest BCUT2D eigenvalue weighted by Gasteiger charge is 2.26. The first-order valence-electron chi connectivity index (χ1n) is 10.2. The fraction of sp³-hybridized carbons (Fsp3) is 0.952. The predicted octanol–water partition coefficient (Wildman–Crippen LogP) is 5.51. The molecular formula is C21H39NO. The molecule has 2 heteroatoms. The molecule has 0 N–H and O–H groups in total. The summed E-state index contributed by atoms with van der Waals surface area (Å²) >= 11 is 0. The fourth-order valence-corrected chi connectivity index (χ4v) is 4.72. The topological polar surface area (TPSA) is 20.3 Å². The van der Waals surface area contributed by atoms with Crippen molar-refractivity contribution in [3.63, 3.8) is 0 Å². The zero-order valence-electron chi connectivity index (χ0n) is 16.0. The Bertz CT molecular complexity index is 347. The van der Waals surface area contributed by atoms with Gasteiger partial charge in [-0.1, -0.05) is 53.4 Å². The molecule has 2 nitrogen and oxygen atoms in total. The van der Waals surface area contributed by atoms with Gasteiger partial charge in [-0.05, 0) is 55.3 Å². The summed E-state index contributed by atoms with van der Waals surface area (Å²) < 4.78 is 0. The summed E-state index contributed by atoms with van der Waals surface area (Å²) in [6.45, 7) is 11.3. The Hall–Kier alpha value is -0.530. The van der Waals surface area contributed by atoms with Crippen LogP contribution in [0.2, 0.25) is 0 Å². The third-order valence-corrected chi connectivity index (χ3v) is 6.37. The summed E-state index contributed by atoms with van der Waals surface area (Å²) in [5, 5.41) is 0. The standard InChI is InChI=1S/C21H39NO/c1-16(2)15-19-7-5-18(6-8-19)9-10-21(23)22-13-11-20(12-14-22)17(3)4/h16-20H,5-15H2,1-4H3. The molecule has 1 aliphatic carbocycles. The van der Waals surface area contributed by atoms with Crippen LogP contribution in [0.5, 0.6) is 0 Å². The number of rotatable bonds is 6. The molecule has 2 fully saturated rings. The minimum absolute atomic E-state index is 0.427. The Morgan fingerprint density at radius 1 is 0.913 bits per heavy atom. The van der Waals surface area contributed by atoms with Crippen molar-refractivity contribution < 1.29 is 4.79 Å². The van der Waals surface area contributed by atoms with E-state index < -0.39 is 0 Å². The maximum atomic E-state index is 12.5. The van der Waals surface area contributed by atoms with Crippen molar-refractivity contribution in [2.75, 3.05) is 13.1 Å². The monoisotopic (exact) mass is 321 g/mol. The number of carbonyl (C=O) groups is 1. The smallest absolute Gasteiger partial charge is 0.222 e. The number of amides is 1. The van der Waals surface area contributed by atoms with Crippen molar-refractivity contribution >= 4 is 5.91 Å². The van der Waals surface area contributed by atoms with Gasteiger partial charge in [0, 0.05) is 19.5 Å². The van der Waals surface area contributed by atoms with Crippen LogP contribution in [0.15, 0.2) is 0 Å². The zero-order valence-corrected chi connectivity index (χ0v) is 16.0. The highest BCUT2D eigenvalue weighted by atomic mass is 16.2. The normalized spacial score (nSPS) is 27.0. The Kier molecular flexibility index (Phi) is 7.43. The van der Waals surface area contributed by atoms with Crippen molar-refractivity contribution in [2.24, 2.45) is 29.6 Å². The van der Waals surface area contributed by atoms with Gasteiger partial charge in [-0.2, -0.15) is 0 Å². The van der Waals surface area contributed by atoms with E-state index >= 15 is 0 Å². The summed E-state index contributed by atoms with van der Waals surface area (Å²) in [6.07, 6.45) is 11.3. The lowest BCUT2D eigenvalue weighted by atomic mass is 9.77. The average molecular weight is 322 g/mol. The van der Waals surface area contributed by atoms with E-state index in [1.54, 1.807) is 0 Å². The lowest BCUT2D eigenvalue weighted by Crippen LogP contribution is -2.39. The molecule has 0 radical (unpaired) electrons. The van der Waals surface area contributed by atoms with E-state index in [9.17, 15) is 4.79 Å². The third kappa shape index (κ3) is 6.12. The lowest BCUT2D eigenvalue weighted by molar-refractivity contribution is -0.133. The summed E-state index contributed by atoms with van der Waals surface area (Å²) in [6, 6.07) is 0. The minimum atomic E-state index is 0.427.